The maximum atomic E-state index is 9.63. The minimum Gasteiger partial charge on any atom is -0.507 e. The normalized spacial score (nSPS) is 10.9. The van der Waals surface area contributed by atoms with Gasteiger partial charge in [0.2, 0.25) is 0 Å². The molecule has 2 rings (SSSR count). The SMILES string of the molecule is Cc1cc(N=Nc2cccnc2)cc(C)c1O. The number of phenols is 1. The average Bonchev–Trinajstić information content (AvgIpc) is 2.34. The van der Waals surface area contributed by atoms with Crippen LogP contribution in [0.15, 0.2) is 46.9 Å². The molecule has 0 aliphatic carbocycles. The minimum atomic E-state index is 0.310. The van der Waals surface area contributed by atoms with Crippen LogP contribution in [-0.4, -0.2) is 10.1 Å². The van der Waals surface area contributed by atoms with Crippen LogP contribution in [0.4, 0.5) is 11.4 Å². The molecule has 0 amide bonds. The second kappa shape index (κ2) is 4.74. The summed E-state index contributed by atoms with van der Waals surface area (Å²) in [4.78, 5) is 3.95. The fourth-order valence-electron chi connectivity index (χ4n) is 1.52. The fraction of sp³-hybridized carbons (Fsp3) is 0.154. The summed E-state index contributed by atoms with van der Waals surface area (Å²) in [5.74, 6) is 0.310. The summed E-state index contributed by atoms with van der Waals surface area (Å²) in [5, 5.41) is 17.8. The monoisotopic (exact) mass is 227 g/mol. The van der Waals surface area contributed by atoms with Crippen LogP contribution in [0.25, 0.3) is 0 Å². The van der Waals surface area contributed by atoms with Crippen molar-refractivity contribution in [1.29, 1.82) is 0 Å². The number of hydrogen-bond donors (Lipinski definition) is 1. The number of benzene rings is 1. The molecule has 0 atom stereocenters. The zero-order chi connectivity index (χ0) is 12.3. The number of hydrogen-bond acceptors (Lipinski definition) is 4. The van der Waals surface area contributed by atoms with Gasteiger partial charge in [0.25, 0.3) is 0 Å². The molecular formula is C13H13N3O. The number of aromatic hydroxyl groups is 1. The average molecular weight is 227 g/mol. The number of pyridine rings is 1. The number of aromatic nitrogens is 1. The molecule has 0 radical (unpaired) electrons. The Morgan fingerprint density at radius 3 is 2.29 bits per heavy atom. The van der Waals surface area contributed by atoms with Gasteiger partial charge in [-0.1, -0.05) is 0 Å². The van der Waals surface area contributed by atoms with Crippen molar-refractivity contribution in [3.8, 4) is 5.75 Å². The van der Waals surface area contributed by atoms with Crippen LogP contribution in [0.3, 0.4) is 0 Å². The highest BCUT2D eigenvalue weighted by atomic mass is 16.3. The summed E-state index contributed by atoms with van der Waals surface area (Å²) in [7, 11) is 0. The van der Waals surface area contributed by atoms with Crippen LogP contribution in [-0.2, 0) is 0 Å². The van der Waals surface area contributed by atoms with Crippen LogP contribution < -0.4 is 0 Å². The van der Waals surface area contributed by atoms with Gasteiger partial charge in [0.05, 0.1) is 11.9 Å². The van der Waals surface area contributed by atoms with E-state index in [2.05, 4.69) is 15.2 Å². The largest absolute Gasteiger partial charge is 0.507 e. The third kappa shape index (κ3) is 2.66. The molecule has 0 bridgehead atoms. The number of phenolic OH excluding ortho intramolecular Hbond substituents is 1. The molecule has 0 aliphatic rings. The zero-order valence-corrected chi connectivity index (χ0v) is 9.75. The molecule has 0 fully saturated rings. The molecule has 0 saturated heterocycles. The number of rotatable bonds is 2. The van der Waals surface area contributed by atoms with E-state index in [1.807, 2.05) is 26.0 Å². The predicted molar refractivity (Wildman–Crippen MR) is 66.0 cm³/mol. The van der Waals surface area contributed by atoms with E-state index in [0.717, 1.165) is 16.8 Å². The van der Waals surface area contributed by atoms with E-state index in [0.29, 0.717) is 11.4 Å². The van der Waals surface area contributed by atoms with Crippen molar-refractivity contribution in [2.45, 2.75) is 13.8 Å². The summed E-state index contributed by atoms with van der Waals surface area (Å²) in [6.45, 7) is 3.68. The van der Waals surface area contributed by atoms with Crippen molar-refractivity contribution in [2.75, 3.05) is 0 Å². The molecular weight excluding hydrogens is 214 g/mol. The van der Waals surface area contributed by atoms with Crippen molar-refractivity contribution >= 4 is 11.4 Å². The first kappa shape index (κ1) is 11.3. The van der Waals surface area contributed by atoms with Gasteiger partial charge < -0.3 is 5.11 Å². The third-order valence-electron chi connectivity index (χ3n) is 2.40. The van der Waals surface area contributed by atoms with Crippen LogP contribution in [0, 0.1) is 13.8 Å². The van der Waals surface area contributed by atoms with Crippen LogP contribution in [0.1, 0.15) is 11.1 Å². The molecule has 17 heavy (non-hydrogen) atoms. The lowest BCUT2D eigenvalue weighted by Crippen LogP contribution is -1.79. The molecule has 0 spiro atoms. The molecule has 1 N–H and O–H groups in total. The summed E-state index contributed by atoms with van der Waals surface area (Å²) in [6, 6.07) is 7.22. The molecule has 1 aromatic heterocycles. The lowest BCUT2D eigenvalue weighted by molar-refractivity contribution is 0.467. The van der Waals surface area contributed by atoms with Gasteiger partial charge in [-0.25, -0.2) is 0 Å². The van der Waals surface area contributed by atoms with E-state index in [4.69, 9.17) is 0 Å². The molecule has 0 aliphatic heterocycles. The summed E-state index contributed by atoms with van der Waals surface area (Å²) in [6.07, 6.45) is 3.33. The summed E-state index contributed by atoms with van der Waals surface area (Å²) >= 11 is 0. The van der Waals surface area contributed by atoms with Crippen molar-refractivity contribution in [3.63, 3.8) is 0 Å². The van der Waals surface area contributed by atoms with Crippen molar-refractivity contribution in [1.82, 2.24) is 4.98 Å². The molecule has 2 aromatic rings. The smallest absolute Gasteiger partial charge is 0.121 e. The van der Waals surface area contributed by atoms with Crippen molar-refractivity contribution in [3.05, 3.63) is 47.8 Å². The zero-order valence-electron chi connectivity index (χ0n) is 9.75. The van der Waals surface area contributed by atoms with Crippen LogP contribution in [0.2, 0.25) is 0 Å². The standard InChI is InChI=1S/C13H13N3O/c1-9-6-12(7-10(2)13(9)17)16-15-11-4-3-5-14-8-11/h3-8,17H,1-2H3. The molecule has 1 aromatic carbocycles. The lowest BCUT2D eigenvalue weighted by atomic mass is 10.1. The second-order valence-electron chi connectivity index (χ2n) is 3.84. The molecule has 4 nitrogen and oxygen atoms in total. The quantitative estimate of drug-likeness (QED) is 0.793. The Hall–Kier alpha value is -2.23. The van der Waals surface area contributed by atoms with Gasteiger partial charge in [0.1, 0.15) is 11.4 Å². The van der Waals surface area contributed by atoms with Crippen LogP contribution >= 0.6 is 0 Å². The number of aryl methyl sites for hydroxylation is 2. The van der Waals surface area contributed by atoms with E-state index in [1.54, 1.807) is 24.5 Å². The van der Waals surface area contributed by atoms with E-state index < -0.39 is 0 Å². The van der Waals surface area contributed by atoms with Gasteiger partial charge in [-0.15, -0.1) is 5.11 Å². The van der Waals surface area contributed by atoms with E-state index in [-0.39, 0.29) is 0 Å². The second-order valence-corrected chi connectivity index (χ2v) is 3.84. The molecule has 4 heteroatoms. The highest BCUT2D eigenvalue weighted by molar-refractivity contribution is 5.51. The first-order chi connectivity index (χ1) is 8.16. The minimum absolute atomic E-state index is 0.310. The molecule has 0 saturated carbocycles. The van der Waals surface area contributed by atoms with Gasteiger partial charge in [-0.05, 0) is 49.2 Å². The van der Waals surface area contributed by atoms with Crippen molar-refractivity contribution < 1.29 is 5.11 Å². The van der Waals surface area contributed by atoms with Crippen LogP contribution in [0.5, 0.6) is 5.75 Å². The highest BCUT2D eigenvalue weighted by Gasteiger charge is 2.02. The van der Waals surface area contributed by atoms with Gasteiger partial charge in [-0.2, -0.15) is 5.11 Å². The van der Waals surface area contributed by atoms with Gasteiger partial charge in [0.15, 0.2) is 0 Å². The number of azo groups is 1. The first-order valence-corrected chi connectivity index (χ1v) is 5.29. The Morgan fingerprint density at radius 2 is 1.71 bits per heavy atom. The van der Waals surface area contributed by atoms with Gasteiger partial charge >= 0.3 is 0 Å². The van der Waals surface area contributed by atoms with E-state index in [1.165, 1.54) is 0 Å². The fourth-order valence-corrected chi connectivity index (χ4v) is 1.52. The van der Waals surface area contributed by atoms with Gasteiger partial charge in [0, 0.05) is 6.20 Å². The molecule has 0 unspecified atom stereocenters. The summed E-state index contributed by atoms with van der Waals surface area (Å²) < 4.78 is 0. The molecule has 1 heterocycles. The summed E-state index contributed by atoms with van der Waals surface area (Å²) in [5.41, 5.74) is 3.02. The van der Waals surface area contributed by atoms with E-state index >= 15 is 0 Å². The lowest BCUT2D eigenvalue weighted by Gasteiger charge is -2.03. The Kier molecular flexibility index (Phi) is 3.14. The topological polar surface area (TPSA) is 57.8 Å². The Labute approximate surface area is 99.7 Å². The Morgan fingerprint density at radius 1 is 1.06 bits per heavy atom. The first-order valence-electron chi connectivity index (χ1n) is 5.29. The van der Waals surface area contributed by atoms with Gasteiger partial charge in [-0.3, -0.25) is 4.98 Å². The number of nitrogens with zero attached hydrogens (tertiary/aromatic N) is 3. The van der Waals surface area contributed by atoms with E-state index in [9.17, 15) is 5.11 Å². The maximum absolute atomic E-state index is 9.63. The predicted octanol–water partition coefficient (Wildman–Crippen LogP) is 3.82. The van der Waals surface area contributed by atoms with Crippen molar-refractivity contribution in [2.24, 2.45) is 10.2 Å². The third-order valence-corrected chi connectivity index (χ3v) is 2.40. The highest BCUT2D eigenvalue weighted by Crippen LogP contribution is 2.28. The Bertz CT molecular complexity index is 527. The Balaban J connectivity index is 2.28. The maximum Gasteiger partial charge on any atom is 0.121 e. The molecule has 86 valence electrons.